The first-order valence-corrected chi connectivity index (χ1v) is 7.15. The van der Waals surface area contributed by atoms with Crippen molar-refractivity contribution >= 4 is 11.6 Å². The van der Waals surface area contributed by atoms with Crippen LogP contribution in [0.5, 0.6) is 0 Å². The van der Waals surface area contributed by atoms with Gasteiger partial charge in [0.15, 0.2) is 0 Å². The van der Waals surface area contributed by atoms with E-state index in [0.29, 0.717) is 18.2 Å². The second-order valence-corrected chi connectivity index (χ2v) is 5.03. The zero-order chi connectivity index (χ0) is 14.5. The van der Waals surface area contributed by atoms with Gasteiger partial charge in [-0.1, -0.05) is 13.0 Å². The summed E-state index contributed by atoms with van der Waals surface area (Å²) in [5.74, 6) is -0.644. The quantitative estimate of drug-likeness (QED) is 0.803. The SMILES string of the molecule is CCN(CCNC(=O)c1cccc(F)c1NC)C1CC1. The molecule has 0 atom stereocenters. The number of anilines is 1. The average molecular weight is 279 g/mol. The fourth-order valence-corrected chi connectivity index (χ4v) is 2.41. The molecule has 1 aliphatic rings. The maximum absolute atomic E-state index is 13.6. The Kier molecular flexibility index (Phi) is 4.95. The minimum absolute atomic E-state index is 0.235. The van der Waals surface area contributed by atoms with Gasteiger partial charge in [0.1, 0.15) is 5.82 Å². The number of carbonyl (C=O) groups is 1. The number of para-hydroxylation sites is 1. The molecule has 5 heteroatoms. The van der Waals surface area contributed by atoms with Gasteiger partial charge in [0, 0.05) is 26.2 Å². The van der Waals surface area contributed by atoms with E-state index in [9.17, 15) is 9.18 Å². The monoisotopic (exact) mass is 279 g/mol. The molecule has 20 heavy (non-hydrogen) atoms. The number of hydrogen-bond acceptors (Lipinski definition) is 3. The van der Waals surface area contributed by atoms with Gasteiger partial charge in [-0.2, -0.15) is 0 Å². The third kappa shape index (κ3) is 3.48. The minimum atomic E-state index is -0.409. The van der Waals surface area contributed by atoms with Gasteiger partial charge in [-0.15, -0.1) is 0 Å². The van der Waals surface area contributed by atoms with Crippen LogP contribution in [0.4, 0.5) is 10.1 Å². The summed E-state index contributed by atoms with van der Waals surface area (Å²) in [5, 5.41) is 5.60. The van der Waals surface area contributed by atoms with Crippen LogP contribution in [0, 0.1) is 5.82 Å². The molecule has 0 unspecified atom stereocenters. The van der Waals surface area contributed by atoms with Crippen LogP contribution in [0.15, 0.2) is 18.2 Å². The van der Waals surface area contributed by atoms with Crippen molar-refractivity contribution in [2.45, 2.75) is 25.8 Å². The van der Waals surface area contributed by atoms with Crippen molar-refractivity contribution < 1.29 is 9.18 Å². The fourth-order valence-electron chi connectivity index (χ4n) is 2.41. The number of hydrogen-bond donors (Lipinski definition) is 2. The summed E-state index contributed by atoms with van der Waals surface area (Å²) >= 11 is 0. The molecular formula is C15H22FN3O. The van der Waals surface area contributed by atoms with Gasteiger partial charge in [0.2, 0.25) is 0 Å². The predicted octanol–water partition coefficient (Wildman–Crippen LogP) is 2.08. The van der Waals surface area contributed by atoms with Gasteiger partial charge in [-0.25, -0.2) is 4.39 Å². The van der Waals surface area contributed by atoms with E-state index in [0.717, 1.165) is 13.1 Å². The molecule has 4 nitrogen and oxygen atoms in total. The normalized spacial score (nSPS) is 14.4. The van der Waals surface area contributed by atoms with Crippen molar-refractivity contribution in [1.82, 2.24) is 10.2 Å². The van der Waals surface area contributed by atoms with Crippen LogP contribution in [-0.4, -0.2) is 43.5 Å². The summed E-state index contributed by atoms with van der Waals surface area (Å²) in [6.45, 7) is 4.56. The summed E-state index contributed by atoms with van der Waals surface area (Å²) in [6.07, 6.45) is 2.52. The van der Waals surface area contributed by atoms with Gasteiger partial charge in [-0.3, -0.25) is 9.69 Å². The number of nitrogens with zero attached hydrogens (tertiary/aromatic N) is 1. The molecule has 1 saturated carbocycles. The number of nitrogens with one attached hydrogen (secondary N) is 2. The number of benzene rings is 1. The van der Waals surface area contributed by atoms with Crippen molar-refractivity contribution in [3.05, 3.63) is 29.6 Å². The second-order valence-electron chi connectivity index (χ2n) is 5.03. The third-order valence-electron chi connectivity index (χ3n) is 3.66. The summed E-state index contributed by atoms with van der Waals surface area (Å²) < 4.78 is 13.6. The number of likely N-dealkylation sites (N-methyl/N-ethyl adjacent to an activating group) is 1. The molecule has 0 spiro atoms. The van der Waals surface area contributed by atoms with Gasteiger partial charge in [-0.05, 0) is 31.5 Å². The van der Waals surface area contributed by atoms with E-state index >= 15 is 0 Å². The molecule has 2 N–H and O–H groups in total. The van der Waals surface area contributed by atoms with Crippen molar-refractivity contribution in [2.24, 2.45) is 0 Å². The Morgan fingerprint density at radius 3 is 2.80 bits per heavy atom. The molecule has 110 valence electrons. The maximum atomic E-state index is 13.6. The fraction of sp³-hybridized carbons (Fsp3) is 0.533. The van der Waals surface area contributed by atoms with Crippen molar-refractivity contribution in [3.8, 4) is 0 Å². The Morgan fingerprint density at radius 1 is 1.45 bits per heavy atom. The molecule has 1 fully saturated rings. The first kappa shape index (κ1) is 14.8. The Hall–Kier alpha value is -1.62. The smallest absolute Gasteiger partial charge is 0.253 e. The lowest BCUT2D eigenvalue weighted by molar-refractivity contribution is 0.0948. The summed E-state index contributed by atoms with van der Waals surface area (Å²) in [5.41, 5.74) is 0.599. The molecule has 1 aromatic rings. The lowest BCUT2D eigenvalue weighted by Crippen LogP contribution is -2.36. The third-order valence-corrected chi connectivity index (χ3v) is 3.66. The highest BCUT2D eigenvalue weighted by atomic mass is 19.1. The van der Waals surface area contributed by atoms with Crippen LogP contribution in [0.2, 0.25) is 0 Å². The summed E-state index contributed by atoms with van der Waals surface area (Å²) in [6, 6.07) is 5.21. The Balaban J connectivity index is 1.90. The molecule has 0 saturated heterocycles. The molecule has 0 radical (unpaired) electrons. The second kappa shape index (κ2) is 6.70. The number of rotatable bonds is 7. The maximum Gasteiger partial charge on any atom is 0.253 e. The molecule has 0 aromatic heterocycles. The van der Waals surface area contributed by atoms with Crippen LogP contribution < -0.4 is 10.6 Å². The van der Waals surface area contributed by atoms with E-state index in [1.807, 2.05) is 0 Å². The van der Waals surface area contributed by atoms with Gasteiger partial charge < -0.3 is 10.6 Å². The van der Waals surface area contributed by atoms with E-state index in [4.69, 9.17) is 0 Å². The number of amides is 1. The van der Waals surface area contributed by atoms with E-state index in [1.165, 1.54) is 18.9 Å². The highest BCUT2D eigenvalue weighted by molar-refractivity contribution is 5.99. The Labute approximate surface area is 119 Å². The highest BCUT2D eigenvalue weighted by Crippen LogP contribution is 2.25. The molecule has 0 heterocycles. The summed E-state index contributed by atoms with van der Waals surface area (Å²) in [7, 11) is 1.61. The van der Waals surface area contributed by atoms with Crippen molar-refractivity contribution in [3.63, 3.8) is 0 Å². The van der Waals surface area contributed by atoms with Crippen molar-refractivity contribution in [2.75, 3.05) is 32.0 Å². The van der Waals surface area contributed by atoms with E-state index < -0.39 is 5.82 Å². The molecule has 2 rings (SSSR count). The molecule has 0 bridgehead atoms. The molecule has 1 amide bonds. The van der Waals surface area contributed by atoms with Crippen LogP contribution >= 0.6 is 0 Å². The summed E-state index contributed by atoms with van der Waals surface area (Å²) in [4.78, 5) is 14.5. The lowest BCUT2D eigenvalue weighted by atomic mass is 10.1. The van der Waals surface area contributed by atoms with Crippen molar-refractivity contribution in [1.29, 1.82) is 0 Å². The van der Waals surface area contributed by atoms with Crippen LogP contribution in [0.3, 0.4) is 0 Å². The van der Waals surface area contributed by atoms with E-state index in [-0.39, 0.29) is 11.6 Å². The first-order chi connectivity index (χ1) is 9.67. The molecule has 0 aliphatic heterocycles. The largest absolute Gasteiger partial charge is 0.385 e. The topological polar surface area (TPSA) is 44.4 Å². The van der Waals surface area contributed by atoms with E-state index in [1.54, 1.807) is 19.2 Å². The predicted molar refractivity (Wildman–Crippen MR) is 78.5 cm³/mol. The Bertz CT molecular complexity index is 474. The Morgan fingerprint density at radius 2 is 2.20 bits per heavy atom. The van der Waals surface area contributed by atoms with Crippen LogP contribution in [0.25, 0.3) is 0 Å². The van der Waals surface area contributed by atoms with E-state index in [2.05, 4.69) is 22.5 Å². The first-order valence-electron chi connectivity index (χ1n) is 7.15. The minimum Gasteiger partial charge on any atom is -0.385 e. The van der Waals surface area contributed by atoms with Gasteiger partial charge in [0.25, 0.3) is 5.91 Å². The number of halogens is 1. The lowest BCUT2D eigenvalue weighted by Gasteiger charge is -2.20. The van der Waals surface area contributed by atoms with Crippen LogP contribution in [-0.2, 0) is 0 Å². The van der Waals surface area contributed by atoms with Gasteiger partial charge in [0.05, 0.1) is 11.3 Å². The van der Waals surface area contributed by atoms with Gasteiger partial charge >= 0.3 is 0 Å². The molecule has 1 aromatic carbocycles. The standard InChI is InChI=1S/C15H22FN3O/c1-3-19(11-7-8-11)10-9-18-15(20)12-5-4-6-13(16)14(12)17-2/h4-6,11,17H,3,7-10H2,1-2H3,(H,18,20). The zero-order valence-electron chi connectivity index (χ0n) is 12.1. The zero-order valence-corrected chi connectivity index (χ0v) is 12.1. The highest BCUT2D eigenvalue weighted by Gasteiger charge is 2.27. The average Bonchev–Trinajstić information content (AvgIpc) is 3.27. The molecular weight excluding hydrogens is 257 g/mol. The number of carbonyl (C=O) groups excluding carboxylic acids is 1. The molecule has 1 aliphatic carbocycles. The van der Waals surface area contributed by atoms with Crippen LogP contribution in [0.1, 0.15) is 30.1 Å².